The topological polar surface area (TPSA) is 93.1 Å². The number of pyridine rings is 1. The fraction of sp³-hybridized carbons (Fsp3) is 0.606. The van der Waals surface area contributed by atoms with Crippen LogP contribution in [0.1, 0.15) is 70.3 Å². The van der Waals surface area contributed by atoms with Gasteiger partial charge in [0.25, 0.3) is 0 Å². The van der Waals surface area contributed by atoms with Gasteiger partial charge in [-0.3, -0.25) is 9.88 Å². The molecule has 11 heteroatoms. The third-order valence-corrected chi connectivity index (χ3v) is 10.4. The van der Waals surface area contributed by atoms with Crippen LogP contribution in [0, 0.1) is 11.7 Å². The zero-order valence-corrected chi connectivity index (χ0v) is 26.5. The molecule has 1 unspecified atom stereocenters. The molecule has 1 saturated carbocycles. The van der Waals surface area contributed by atoms with E-state index in [1.165, 1.54) is 0 Å². The van der Waals surface area contributed by atoms with Crippen LogP contribution in [-0.4, -0.2) is 82.8 Å². The summed E-state index contributed by atoms with van der Waals surface area (Å²) in [5, 5.41) is 11.9. The number of halogens is 2. The Morgan fingerprint density at radius 2 is 1.84 bits per heavy atom. The van der Waals surface area contributed by atoms with Gasteiger partial charge >= 0.3 is 6.01 Å². The molecule has 2 aromatic heterocycles. The van der Waals surface area contributed by atoms with Crippen LogP contribution >= 0.6 is 11.6 Å². The molecule has 4 fully saturated rings. The second-order valence-corrected chi connectivity index (χ2v) is 13.9. The first kappa shape index (κ1) is 29.9. The van der Waals surface area contributed by atoms with Crippen LogP contribution in [0.15, 0.2) is 18.3 Å². The quantitative estimate of drug-likeness (QED) is 0.290. The Bertz CT molecular complexity index is 1560. The Balaban J connectivity index is 1.34. The number of rotatable bonds is 9. The van der Waals surface area contributed by atoms with E-state index in [0.29, 0.717) is 59.6 Å². The number of nitrogens with zero attached hydrogens (tertiary/aromatic N) is 5. The standard InChI is InChI=1S/C33H41ClFN5O4/c1-20-13-22(20)26-23(14-21(15-25(26)34)44-19-42-3)28-27(35)29-24(16-36-28)30(39-10-4-7-32(2,41)17-39)38-31(37-29)43-18-33-8-5-11-40(33)12-6-9-33/h14-16,20,22,41H,4-13,17-19H2,1-3H3/t20-,22+,32?/m1/s1. The Morgan fingerprint density at radius 3 is 2.55 bits per heavy atom. The van der Waals surface area contributed by atoms with E-state index in [4.69, 9.17) is 30.8 Å². The molecule has 236 valence electrons. The molecule has 9 nitrogen and oxygen atoms in total. The molecule has 3 atom stereocenters. The van der Waals surface area contributed by atoms with Crippen LogP contribution in [0.25, 0.3) is 22.2 Å². The average Bonchev–Trinajstić information content (AvgIpc) is 3.37. The first-order valence-electron chi connectivity index (χ1n) is 15.8. The summed E-state index contributed by atoms with van der Waals surface area (Å²) in [6.45, 7) is 7.71. The number of piperidine rings is 1. The monoisotopic (exact) mass is 625 g/mol. The summed E-state index contributed by atoms with van der Waals surface area (Å²) in [4.78, 5) is 18.7. The van der Waals surface area contributed by atoms with Gasteiger partial charge in [0.2, 0.25) is 0 Å². The molecule has 4 aliphatic rings. The molecular formula is C33H41ClFN5O4. The Morgan fingerprint density at radius 1 is 1.09 bits per heavy atom. The SMILES string of the molecule is COCOc1cc(Cl)c([C@H]2C[C@H]2C)c(-c2ncc3c(N4CCCC(C)(O)C4)nc(OCC45CCCN4CCC5)nc3c2F)c1. The van der Waals surface area contributed by atoms with Gasteiger partial charge in [-0.05, 0) is 94.5 Å². The summed E-state index contributed by atoms with van der Waals surface area (Å²) in [6, 6.07) is 3.69. The largest absolute Gasteiger partial charge is 0.467 e. The predicted molar refractivity (Wildman–Crippen MR) is 167 cm³/mol. The van der Waals surface area contributed by atoms with Crippen LogP contribution in [0.5, 0.6) is 11.8 Å². The van der Waals surface area contributed by atoms with Crippen molar-refractivity contribution in [1.82, 2.24) is 19.9 Å². The van der Waals surface area contributed by atoms with Crippen molar-refractivity contribution in [3.05, 3.63) is 34.7 Å². The van der Waals surface area contributed by atoms with Gasteiger partial charge in [0.05, 0.1) is 16.5 Å². The second-order valence-electron chi connectivity index (χ2n) is 13.5. The van der Waals surface area contributed by atoms with Crippen molar-refractivity contribution >= 4 is 28.3 Å². The van der Waals surface area contributed by atoms with Crippen molar-refractivity contribution in [1.29, 1.82) is 0 Å². The highest BCUT2D eigenvalue weighted by atomic mass is 35.5. The molecule has 0 spiro atoms. The second kappa shape index (κ2) is 11.5. The lowest BCUT2D eigenvalue weighted by Gasteiger charge is -2.38. The number of aromatic nitrogens is 3. The summed E-state index contributed by atoms with van der Waals surface area (Å²) in [5.41, 5.74) is 0.868. The number of fused-ring (bicyclic) bond motifs is 2. The van der Waals surface area contributed by atoms with Crippen molar-refractivity contribution in [2.45, 2.75) is 75.9 Å². The summed E-state index contributed by atoms with van der Waals surface area (Å²) < 4.78 is 34.0. The third-order valence-electron chi connectivity index (χ3n) is 10.1. The number of ether oxygens (including phenoxy) is 3. The summed E-state index contributed by atoms with van der Waals surface area (Å²) in [6.07, 6.45) is 8.55. The maximum absolute atomic E-state index is 16.9. The molecule has 7 rings (SSSR count). The fourth-order valence-electron chi connectivity index (χ4n) is 7.68. The molecule has 44 heavy (non-hydrogen) atoms. The van der Waals surface area contributed by atoms with E-state index in [1.54, 1.807) is 25.4 Å². The van der Waals surface area contributed by atoms with Crippen molar-refractivity contribution in [3.8, 4) is 23.0 Å². The first-order chi connectivity index (χ1) is 21.2. The summed E-state index contributed by atoms with van der Waals surface area (Å²) in [7, 11) is 1.54. The number of anilines is 1. The van der Waals surface area contributed by atoms with Crippen LogP contribution in [0.2, 0.25) is 5.02 Å². The van der Waals surface area contributed by atoms with Crippen LogP contribution < -0.4 is 14.4 Å². The highest BCUT2D eigenvalue weighted by molar-refractivity contribution is 6.32. The normalized spacial score (nSPS) is 26.3. The van der Waals surface area contributed by atoms with Crippen molar-refractivity contribution < 1.29 is 23.7 Å². The molecule has 0 amide bonds. The number of benzene rings is 1. The lowest BCUT2D eigenvalue weighted by molar-refractivity contribution is 0.0447. The van der Waals surface area contributed by atoms with E-state index in [0.717, 1.165) is 57.2 Å². The van der Waals surface area contributed by atoms with E-state index < -0.39 is 11.4 Å². The van der Waals surface area contributed by atoms with Gasteiger partial charge in [-0.2, -0.15) is 9.97 Å². The molecule has 0 radical (unpaired) electrons. The molecule has 1 N–H and O–H groups in total. The van der Waals surface area contributed by atoms with Gasteiger partial charge in [-0.15, -0.1) is 0 Å². The molecule has 5 heterocycles. The van der Waals surface area contributed by atoms with Crippen molar-refractivity contribution in [2.75, 3.05) is 51.6 Å². The molecule has 3 aliphatic heterocycles. The molecule has 0 bridgehead atoms. The van der Waals surface area contributed by atoms with Crippen LogP contribution in [-0.2, 0) is 4.74 Å². The molecule has 3 saturated heterocycles. The Labute approximate surface area is 262 Å². The third kappa shape index (κ3) is 5.48. The Kier molecular flexibility index (Phi) is 7.84. The van der Waals surface area contributed by atoms with E-state index in [-0.39, 0.29) is 35.5 Å². The van der Waals surface area contributed by atoms with E-state index >= 15 is 4.39 Å². The molecule has 1 aliphatic carbocycles. The number of hydrogen-bond donors (Lipinski definition) is 1. The number of methoxy groups -OCH3 is 1. The summed E-state index contributed by atoms with van der Waals surface area (Å²) in [5.74, 6) is 1.09. The number of β-amino-alcohol motifs (C(OH)–C–C–N with tert-alkyl or cyclic N) is 1. The maximum Gasteiger partial charge on any atom is 0.319 e. The van der Waals surface area contributed by atoms with Gasteiger partial charge in [0.15, 0.2) is 12.6 Å². The first-order valence-corrected chi connectivity index (χ1v) is 16.2. The molecule has 3 aromatic rings. The van der Waals surface area contributed by atoms with Gasteiger partial charge in [-0.25, -0.2) is 4.39 Å². The van der Waals surface area contributed by atoms with E-state index in [2.05, 4.69) is 21.8 Å². The van der Waals surface area contributed by atoms with Gasteiger partial charge in [0, 0.05) is 37.0 Å². The van der Waals surface area contributed by atoms with Gasteiger partial charge in [0.1, 0.15) is 29.4 Å². The average molecular weight is 626 g/mol. The fourth-order valence-corrected chi connectivity index (χ4v) is 8.03. The van der Waals surface area contributed by atoms with Crippen LogP contribution in [0.3, 0.4) is 0 Å². The minimum Gasteiger partial charge on any atom is -0.467 e. The van der Waals surface area contributed by atoms with Crippen molar-refractivity contribution in [2.24, 2.45) is 5.92 Å². The predicted octanol–water partition coefficient (Wildman–Crippen LogP) is 5.95. The summed E-state index contributed by atoms with van der Waals surface area (Å²) >= 11 is 6.81. The zero-order chi connectivity index (χ0) is 30.6. The van der Waals surface area contributed by atoms with Gasteiger partial charge in [-0.1, -0.05) is 18.5 Å². The van der Waals surface area contributed by atoms with E-state index in [1.807, 2.05) is 11.8 Å². The highest BCUT2D eigenvalue weighted by Crippen LogP contribution is 2.53. The highest BCUT2D eigenvalue weighted by Gasteiger charge is 2.45. The zero-order valence-electron chi connectivity index (χ0n) is 25.7. The minimum absolute atomic E-state index is 0.00945. The number of hydrogen-bond acceptors (Lipinski definition) is 9. The van der Waals surface area contributed by atoms with E-state index in [9.17, 15) is 5.11 Å². The molecule has 1 aromatic carbocycles. The molecular weight excluding hydrogens is 585 g/mol. The van der Waals surface area contributed by atoms with Gasteiger partial charge < -0.3 is 24.2 Å². The lowest BCUT2D eigenvalue weighted by atomic mass is 9.95. The Hall–Kier alpha value is -2.79. The smallest absolute Gasteiger partial charge is 0.319 e. The van der Waals surface area contributed by atoms with Crippen molar-refractivity contribution in [3.63, 3.8) is 0 Å². The minimum atomic E-state index is -0.884. The number of aliphatic hydroxyl groups is 1. The van der Waals surface area contributed by atoms with Crippen LogP contribution in [0.4, 0.5) is 10.2 Å². The maximum atomic E-state index is 16.9. The lowest BCUT2D eigenvalue weighted by Crippen LogP contribution is -2.46.